The van der Waals surface area contributed by atoms with Crippen LogP contribution in [0.5, 0.6) is 0 Å². The number of pyridine rings is 1. The largest absolute Gasteiger partial charge is 0.326 e. The molecule has 1 heterocycles. The molecule has 0 saturated heterocycles. The summed E-state index contributed by atoms with van der Waals surface area (Å²) < 4.78 is 13.0. The zero-order chi connectivity index (χ0) is 11.4. The summed E-state index contributed by atoms with van der Waals surface area (Å²) in [5, 5.41) is 0. The zero-order valence-corrected chi connectivity index (χ0v) is 9.38. The smallest absolute Gasteiger partial charge is 0.124 e. The molecule has 1 aromatic carbocycles. The molecule has 0 unspecified atom stereocenters. The lowest BCUT2D eigenvalue weighted by Crippen LogP contribution is -1.98. The maximum atomic E-state index is 13.0. The van der Waals surface area contributed by atoms with Gasteiger partial charge < -0.3 is 5.73 Å². The van der Waals surface area contributed by atoms with Gasteiger partial charge in [0, 0.05) is 28.7 Å². The van der Waals surface area contributed by atoms with E-state index >= 15 is 0 Å². The van der Waals surface area contributed by atoms with Gasteiger partial charge in [-0.2, -0.15) is 0 Å². The molecule has 82 valence electrons. The lowest BCUT2D eigenvalue weighted by atomic mass is 10.3. The van der Waals surface area contributed by atoms with Gasteiger partial charge in [0.1, 0.15) is 5.82 Å². The van der Waals surface area contributed by atoms with E-state index in [1.54, 1.807) is 18.5 Å². The Morgan fingerprint density at radius 1 is 1.31 bits per heavy atom. The van der Waals surface area contributed by atoms with E-state index in [0.29, 0.717) is 6.54 Å². The lowest BCUT2D eigenvalue weighted by molar-refractivity contribution is 0.624. The number of nitrogens with two attached hydrogens (primary N) is 1. The Hall–Kier alpha value is -1.39. The molecule has 2 rings (SSSR count). The van der Waals surface area contributed by atoms with Gasteiger partial charge in [0.15, 0.2) is 0 Å². The van der Waals surface area contributed by atoms with Crippen molar-refractivity contribution in [2.75, 3.05) is 0 Å². The van der Waals surface area contributed by atoms with Gasteiger partial charge in [0.25, 0.3) is 0 Å². The van der Waals surface area contributed by atoms with Gasteiger partial charge in [-0.1, -0.05) is 17.8 Å². The van der Waals surface area contributed by atoms with Crippen molar-refractivity contribution in [1.82, 2.24) is 4.98 Å². The summed E-state index contributed by atoms with van der Waals surface area (Å²) in [5.41, 5.74) is 6.64. The maximum absolute atomic E-state index is 13.0. The molecule has 0 aliphatic heterocycles. The monoisotopic (exact) mass is 234 g/mol. The number of hydrogen-bond acceptors (Lipinski definition) is 3. The molecule has 0 amide bonds. The first-order valence-electron chi connectivity index (χ1n) is 4.86. The van der Waals surface area contributed by atoms with E-state index in [2.05, 4.69) is 4.98 Å². The second kappa shape index (κ2) is 5.09. The van der Waals surface area contributed by atoms with E-state index < -0.39 is 0 Å². The second-order valence-electron chi connectivity index (χ2n) is 3.25. The van der Waals surface area contributed by atoms with Crippen molar-refractivity contribution >= 4 is 11.8 Å². The minimum atomic E-state index is -0.233. The molecule has 2 aromatic rings. The highest BCUT2D eigenvalue weighted by molar-refractivity contribution is 7.99. The van der Waals surface area contributed by atoms with Crippen LogP contribution in [0.15, 0.2) is 52.5 Å². The predicted molar refractivity (Wildman–Crippen MR) is 62.7 cm³/mol. The minimum Gasteiger partial charge on any atom is -0.326 e. The van der Waals surface area contributed by atoms with Crippen LogP contribution < -0.4 is 5.73 Å². The molecule has 0 atom stereocenters. The first-order valence-corrected chi connectivity index (χ1v) is 5.67. The van der Waals surface area contributed by atoms with Crippen molar-refractivity contribution < 1.29 is 4.39 Å². The summed E-state index contributed by atoms with van der Waals surface area (Å²) in [5.74, 6) is -0.233. The van der Waals surface area contributed by atoms with Crippen LogP contribution in [0.2, 0.25) is 0 Å². The van der Waals surface area contributed by atoms with Gasteiger partial charge in [-0.15, -0.1) is 0 Å². The molecule has 2 nitrogen and oxygen atoms in total. The van der Waals surface area contributed by atoms with Gasteiger partial charge in [0.2, 0.25) is 0 Å². The average Bonchev–Trinajstić information content (AvgIpc) is 2.30. The number of benzene rings is 1. The van der Waals surface area contributed by atoms with Crippen molar-refractivity contribution in [2.45, 2.75) is 16.3 Å². The molecule has 0 fully saturated rings. The molecule has 0 radical (unpaired) electrons. The van der Waals surface area contributed by atoms with Crippen molar-refractivity contribution in [3.63, 3.8) is 0 Å². The SMILES string of the molecule is NCc1ccncc1Sc1cccc(F)c1. The highest BCUT2D eigenvalue weighted by Crippen LogP contribution is 2.29. The average molecular weight is 234 g/mol. The first kappa shape index (κ1) is 11.1. The third kappa shape index (κ3) is 2.59. The fourth-order valence-corrected chi connectivity index (χ4v) is 2.29. The van der Waals surface area contributed by atoms with E-state index in [-0.39, 0.29) is 5.82 Å². The third-order valence-electron chi connectivity index (χ3n) is 2.11. The van der Waals surface area contributed by atoms with Gasteiger partial charge in [0.05, 0.1) is 0 Å². The highest BCUT2D eigenvalue weighted by atomic mass is 32.2. The summed E-state index contributed by atoms with van der Waals surface area (Å²) in [6.45, 7) is 0.459. The molecule has 1 aromatic heterocycles. The molecule has 0 saturated carbocycles. The van der Waals surface area contributed by atoms with Crippen LogP contribution in [0.4, 0.5) is 4.39 Å². The number of hydrogen-bond donors (Lipinski definition) is 1. The van der Waals surface area contributed by atoms with E-state index in [0.717, 1.165) is 15.4 Å². The van der Waals surface area contributed by atoms with Crippen LogP contribution in [0, 0.1) is 5.82 Å². The number of rotatable bonds is 3. The molecule has 16 heavy (non-hydrogen) atoms. The van der Waals surface area contributed by atoms with Crippen LogP contribution in [-0.2, 0) is 6.54 Å². The van der Waals surface area contributed by atoms with Crippen molar-refractivity contribution in [1.29, 1.82) is 0 Å². The summed E-state index contributed by atoms with van der Waals surface area (Å²) in [6, 6.07) is 8.36. The Morgan fingerprint density at radius 2 is 2.19 bits per heavy atom. The summed E-state index contributed by atoms with van der Waals surface area (Å²) in [4.78, 5) is 5.86. The molecular formula is C12H11FN2S. The van der Waals surface area contributed by atoms with Crippen LogP contribution in [0.1, 0.15) is 5.56 Å². The van der Waals surface area contributed by atoms with E-state index in [1.165, 1.54) is 23.9 Å². The van der Waals surface area contributed by atoms with E-state index in [4.69, 9.17) is 5.73 Å². The highest BCUT2D eigenvalue weighted by Gasteiger charge is 2.03. The van der Waals surface area contributed by atoms with Crippen LogP contribution in [0.3, 0.4) is 0 Å². The van der Waals surface area contributed by atoms with Crippen LogP contribution in [-0.4, -0.2) is 4.98 Å². The summed E-state index contributed by atoms with van der Waals surface area (Å²) >= 11 is 1.47. The lowest BCUT2D eigenvalue weighted by Gasteiger charge is -2.06. The second-order valence-corrected chi connectivity index (χ2v) is 4.36. The third-order valence-corrected chi connectivity index (χ3v) is 3.19. The number of nitrogens with zero attached hydrogens (tertiary/aromatic N) is 1. The Kier molecular flexibility index (Phi) is 3.54. The Balaban J connectivity index is 2.26. The summed E-state index contributed by atoms with van der Waals surface area (Å²) in [6.07, 6.45) is 3.45. The Morgan fingerprint density at radius 3 is 2.94 bits per heavy atom. The molecule has 2 N–H and O–H groups in total. The predicted octanol–water partition coefficient (Wildman–Crippen LogP) is 2.83. The first-order chi connectivity index (χ1) is 7.79. The molecule has 0 aliphatic rings. The molecular weight excluding hydrogens is 223 g/mol. The number of aromatic nitrogens is 1. The van der Waals surface area contributed by atoms with Gasteiger partial charge in [-0.05, 0) is 29.8 Å². The fourth-order valence-electron chi connectivity index (χ4n) is 1.33. The normalized spacial score (nSPS) is 10.4. The van der Waals surface area contributed by atoms with Crippen molar-refractivity contribution in [3.8, 4) is 0 Å². The van der Waals surface area contributed by atoms with E-state index in [9.17, 15) is 4.39 Å². The topological polar surface area (TPSA) is 38.9 Å². The fraction of sp³-hybridized carbons (Fsp3) is 0.0833. The van der Waals surface area contributed by atoms with Gasteiger partial charge >= 0.3 is 0 Å². The molecule has 0 spiro atoms. The summed E-state index contributed by atoms with van der Waals surface area (Å²) in [7, 11) is 0. The maximum Gasteiger partial charge on any atom is 0.124 e. The quantitative estimate of drug-likeness (QED) is 0.887. The molecule has 4 heteroatoms. The Bertz CT molecular complexity index is 488. The van der Waals surface area contributed by atoms with Crippen LogP contribution in [0.25, 0.3) is 0 Å². The van der Waals surface area contributed by atoms with Crippen LogP contribution >= 0.6 is 11.8 Å². The molecule has 0 bridgehead atoms. The minimum absolute atomic E-state index is 0.233. The Labute approximate surface area is 97.7 Å². The zero-order valence-electron chi connectivity index (χ0n) is 8.56. The van der Waals surface area contributed by atoms with Crippen molar-refractivity contribution in [3.05, 3.63) is 54.1 Å². The van der Waals surface area contributed by atoms with Gasteiger partial charge in [-0.3, -0.25) is 4.98 Å². The molecule has 0 aliphatic carbocycles. The number of halogens is 1. The van der Waals surface area contributed by atoms with Gasteiger partial charge in [-0.25, -0.2) is 4.39 Å². The standard InChI is InChI=1S/C12H11FN2S/c13-10-2-1-3-11(6-10)16-12-8-15-5-4-9(12)7-14/h1-6,8H,7,14H2. The van der Waals surface area contributed by atoms with E-state index in [1.807, 2.05) is 12.1 Å². The van der Waals surface area contributed by atoms with Crippen molar-refractivity contribution in [2.24, 2.45) is 5.73 Å².